The highest BCUT2D eigenvalue weighted by Gasteiger charge is 2.32. The second kappa shape index (κ2) is 18.2. The molecule has 1 aliphatic heterocycles. The summed E-state index contributed by atoms with van der Waals surface area (Å²) in [5.74, 6) is -4.53. The van der Waals surface area contributed by atoms with Crippen molar-refractivity contribution in [3.63, 3.8) is 0 Å². The highest BCUT2D eigenvalue weighted by Crippen LogP contribution is 2.34. The number of hydrogen-bond donors (Lipinski definition) is 6. The van der Waals surface area contributed by atoms with E-state index < -0.39 is 35.7 Å². The number of carboxylic acid groups (broad SMARTS) is 1. The number of phenolic OH excluding ortho intramolecular Hbond substituents is 2. The summed E-state index contributed by atoms with van der Waals surface area (Å²) in [6.07, 6.45) is 0.939. The molecule has 54 heavy (non-hydrogen) atoms. The van der Waals surface area contributed by atoms with E-state index in [2.05, 4.69) is 10.3 Å². The molecule has 0 aliphatic carbocycles. The molecule has 15 heteroatoms. The van der Waals surface area contributed by atoms with Crippen LogP contribution in [0.1, 0.15) is 81.9 Å². The van der Waals surface area contributed by atoms with Crippen molar-refractivity contribution < 1.29 is 39.2 Å². The van der Waals surface area contributed by atoms with Gasteiger partial charge in [-0.3, -0.25) is 30.1 Å². The van der Waals surface area contributed by atoms with Crippen LogP contribution in [0.3, 0.4) is 0 Å². The number of piperidine rings is 1. The van der Waals surface area contributed by atoms with Crippen molar-refractivity contribution in [1.82, 2.24) is 15.2 Å². The lowest BCUT2D eigenvalue weighted by molar-refractivity contribution is -0.165. The Kier molecular flexibility index (Phi) is 13.7. The minimum absolute atomic E-state index is 0.0135. The van der Waals surface area contributed by atoms with Crippen LogP contribution in [0, 0.1) is 10.8 Å². The van der Waals surface area contributed by atoms with Gasteiger partial charge in [0.1, 0.15) is 23.2 Å². The van der Waals surface area contributed by atoms with Gasteiger partial charge in [0.25, 0.3) is 5.91 Å². The number of pyridine rings is 1. The minimum atomic E-state index is -1.38. The van der Waals surface area contributed by atoms with Gasteiger partial charge in [-0.05, 0) is 55.0 Å². The number of likely N-dealkylation sites (N-methyl/N-ethyl adjacent to an activating group) is 1. The molecule has 1 aromatic heterocycles. The Bertz CT molecular complexity index is 1840. The number of hydrogen-bond acceptors (Lipinski definition) is 11. The average Bonchev–Trinajstić information content (AvgIpc) is 3.16. The molecule has 4 rings (SSSR count). The van der Waals surface area contributed by atoms with Crippen molar-refractivity contribution in [2.45, 2.75) is 77.4 Å². The summed E-state index contributed by atoms with van der Waals surface area (Å²) in [6.45, 7) is 8.21. The lowest BCUT2D eigenvalue weighted by Crippen LogP contribution is -2.46. The van der Waals surface area contributed by atoms with Crippen LogP contribution in [0.4, 0.5) is 11.5 Å². The quantitative estimate of drug-likeness (QED) is 0.0809. The molecule has 15 nitrogen and oxygen atoms in total. The first-order chi connectivity index (χ1) is 25.6. The molecule has 2 amide bonds. The fraction of sp³-hybridized carbons (Fsp3) is 0.410. The maximum Gasteiger partial charge on any atom is 0.345 e. The summed E-state index contributed by atoms with van der Waals surface area (Å²) in [5.41, 5.74) is 1.46. The second-order valence-corrected chi connectivity index (χ2v) is 13.5. The van der Waals surface area contributed by atoms with E-state index in [1.807, 2.05) is 31.9 Å². The van der Waals surface area contributed by atoms with Crippen molar-refractivity contribution >= 4 is 46.9 Å². The van der Waals surface area contributed by atoms with Gasteiger partial charge >= 0.3 is 11.9 Å². The van der Waals surface area contributed by atoms with Crippen molar-refractivity contribution in [3.8, 4) is 11.5 Å². The van der Waals surface area contributed by atoms with Crippen LogP contribution in [0.2, 0.25) is 0 Å². The molecule has 6 N–H and O–H groups in total. The number of aliphatic carboxylic acids is 1. The number of carbonyl (C=O) groups excluding carboxylic acids is 3. The number of ether oxygens (including phenoxy) is 1. The van der Waals surface area contributed by atoms with Crippen LogP contribution in [0.15, 0.2) is 60.8 Å². The average molecular weight is 744 g/mol. The Morgan fingerprint density at radius 2 is 1.65 bits per heavy atom. The summed E-state index contributed by atoms with van der Waals surface area (Å²) in [5, 5.41) is 50.9. The summed E-state index contributed by atoms with van der Waals surface area (Å²) in [4.78, 5) is 59.5. The number of anilines is 2. The first-order valence-electron chi connectivity index (χ1n) is 17.9. The van der Waals surface area contributed by atoms with Crippen LogP contribution in [-0.2, 0) is 23.9 Å². The number of amidine groups is 2. The molecule has 288 valence electrons. The van der Waals surface area contributed by atoms with Crippen LogP contribution < -0.4 is 15.1 Å². The van der Waals surface area contributed by atoms with E-state index in [9.17, 15) is 34.5 Å². The molecule has 0 unspecified atom stereocenters. The Balaban J connectivity index is 1.38. The van der Waals surface area contributed by atoms with E-state index in [-0.39, 0.29) is 65.8 Å². The number of benzene rings is 2. The lowest BCUT2D eigenvalue weighted by Gasteiger charge is -2.37. The molecule has 1 saturated heterocycles. The van der Waals surface area contributed by atoms with Crippen LogP contribution in [0.5, 0.6) is 11.5 Å². The van der Waals surface area contributed by atoms with Crippen LogP contribution in [0.25, 0.3) is 0 Å². The number of carboxylic acids is 1. The van der Waals surface area contributed by atoms with Gasteiger partial charge < -0.3 is 35.2 Å². The van der Waals surface area contributed by atoms with E-state index >= 15 is 0 Å². The number of aromatic hydroxyl groups is 2. The minimum Gasteiger partial charge on any atom is -0.508 e. The normalized spacial score (nSPS) is 14.1. The summed E-state index contributed by atoms with van der Waals surface area (Å²) < 4.78 is 5.29. The third kappa shape index (κ3) is 9.70. The number of carbonyl (C=O) groups is 4. The van der Waals surface area contributed by atoms with Crippen molar-refractivity contribution in [2.24, 2.45) is 0 Å². The van der Waals surface area contributed by atoms with Gasteiger partial charge in [0.05, 0.1) is 23.9 Å². The SMILES string of the molecule is CCNC(=O)C(=N)N(C(=N)c1cc(C(C)C)c(O)cc1O)c1ccc(N(C)C2CCN(C(=O)CCC(=O)O[C@H](C(=O)O)[C@H](C)c3ccccc3)CC2)nc1. The van der Waals surface area contributed by atoms with Gasteiger partial charge in [0.2, 0.25) is 12.0 Å². The van der Waals surface area contributed by atoms with E-state index in [0.717, 1.165) is 16.5 Å². The highest BCUT2D eigenvalue weighted by atomic mass is 16.6. The van der Waals surface area contributed by atoms with Gasteiger partial charge in [-0.1, -0.05) is 51.1 Å². The molecule has 2 heterocycles. The number of esters is 1. The third-order valence-corrected chi connectivity index (χ3v) is 9.56. The fourth-order valence-corrected chi connectivity index (χ4v) is 6.36. The van der Waals surface area contributed by atoms with E-state index in [0.29, 0.717) is 37.3 Å². The van der Waals surface area contributed by atoms with Crippen molar-refractivity contribution in [1.29, 1.82) is 10.8 Å². The maximum absolute atomic E-state index is 13.0. The molecule has 2 atom stereocenters. The molecule has 2 aromatic carbocycles. The second-order valence-electron chi connectivity index (χ2n) is 13.5. The zero-order chi connectivity index (χ0) is 39.7. The largest absolute Gasteiger partial charge is 0.508 e. The van der Waals surface area contributed by atoms with Gasteiger partial charge in [0.15, 0.2) is 5.84 Å². The first kappa shape index (κ1) is 40.8. The third-order valence-electron chi connectivity index (χ3n) is 9.56. The Hall–Kier alpha value is -5.99. The summed E-state index contributed by atoms with van der Waals surface area (Å²) >= 11 is 0. The molecule has 0 bridgehead atoms. The van der Waals surface area contributed by atoms with Crippen molar-refractivity contribution in [2.75, 3.05) is 36.5 Å². The zero-order valence-electron chi connectivity index (χ0n) is 31.2. The van der Waals surface area contributed by atoms with E-state index in [1.165, 1.54) is 12.3 Å². The number of nitrogens with one attached hydrogen (secondary N) is 3. The number of phenols is 2. The van der Waals surface area contributed by atoms with Crippen LogP contribution >= 0.6 is 0 Å². The molecule has 0 saturated carbocycles. The topological polar surface area (TPSA) is 221 Å². The molecule has 1 aliphatic rings. The van der Waals surface area contributed by atoms with E-state index in [1.54, 1.807) is 55.1 Å². The predicted molar refractivity (Wildman–Crippen MR) is 203 cm³/mol. The standard InChI is InChI=1S/C39H49N7O8/c1-6-42-38(51)37(41)46(36(40)29-20-28(23(2)3)30(47)21-31(29)48)27-12-13-32(43-22-27)44(5)26-16-18-45(19-17-26)33(49)14-15-34(50)54-35(39(52)53)24(4)25-10-8-7-9-11-25/h7-13,20-24,26,35,40-41,47-48H,6,14-19H2,1-5H3,(H,42,51)(H,52,53)/t24-,35+/m1/s1. The maximum atomic E-state index is 13.0. The predicted octanol–water partition coefficient (Wildman–Crippen LogP) is 4.57. The number of nitrogens with zero attached hydrogens (tertiary/aromatic N) is 4. The molecule has 1 fully saturated rings. The molecule has 0 radical (unpaired) electrons. The number of rotatable bonds is 13. The molecular formula is C39H49N7O8. The number of likely N-dealkylation sites (tertiary alicyclic amines) is 1. The smallest absolute Gasteiger partial charge is 0.345 e. The van der Waals surface area contributed by atoms with Crippen molar-refractivity contribution in [3.05, 3.63) is 77.5 Å². The summed E-state index contributed by atoms with van der Waals surface area (Å²) in [6, 6.07) is 14.8. The zero-order valence-corrected chi connectivity index (χ0v) is 31.2. The van der Waals surface area contributed by atoms with Gasteiger partial charge in [0, 0.05) is 51.1 Å². The monoisotopic (exact) mass is 743 g/mol. The Labute approximate surface area is 314 Å². The molecular weight excluding hydrogens is 694 g/mol. The Morgan fingerprint density at radius 1 is 0.981 bits per heavy atom. The Morgan fingerprint density at radius 3 is 2.22 bits per heavy atom. The lowest BCUT2D eigenvalue weighted by atomic mass is 9.95. The van der Waals surface area contributed by atoms with Gasteiger partial charge in [-0.25, -0.2) is 9.78 Å². The first-order valence-corrected chi connectivity index (χ1v) is 17.9. The number of amides is 2. The highest BCUT2D eigenvalue weighted by molar-refractivity contribution is 6.48. The molecule has 3 aromatic rings. The number of aromatic nitrogens is 1. The van der Waals surface area contributed by atoms with Crippen LogP contribution in [-0.4, -0.2) is 99.5 Å². The van der Waals surface area contributed by atoms with E-state index in [4.69, 9.17) is 15.6 Å². The van der Waals surface area contributed by atoms with Gasteiger partial charge in [-0.15, -0.1) is 0 Å². The fourth-order valence-electron chi connectivity index (χ4n) is 6.36. The molecule has 0 spiro atoms. The summed E-state index contributed by atoms with van der Waals surface area (Å²) in [7, 11) is 1.87. The van der Waals surface area contributed by atoms with Gasteiger partial charge in [-0.2, -0.15) is 0 Å².